The van der Waals surface area contributed by atoms with Gasteiger partial charge in [-0.25, -0.2) is 0 Å². The molecule has 12 atom stereocenters. The number of aromatic nitrogens is 1. The molecule has 0 saturated heterocycles. The Kier molecular flexibility index (Phi) is 33.9. The van der Waals surface area contributed by atoms with Crippen LogP contribution in [0, 0.1) is 11.8 Å². The van der Waals surface area contributed by atoms with Crippen molar-refractivity contribution < 1.29 is 67.7 Å². The lowest BCUT2D eigenvalue weighted by molar-refractivity contribution is -0.136. The lowest BCUT2D eigenvalue weighted by Gasteiger charge is -2.28. The first kappa shape index (κ1) is 82.2. The normalized spacial score (nSPS) is 14.8. The number of para-hydroxylation sites is 1. The van der Waals surface area contributed by atoms with Gasteiger partial charge in [0.15, 0.2) is 5.96 Å². The van der Waals surface area contributed by atoms with Crippen LogP contribution in [0.3, 0.4) is 0 Å². The maximum absolute atomic E-state index is 14.4. The molecule has 24 N–H and O–H groups in total. The summed E-state index contributed by atoms with van der Waals surface area (Å²) in [4.78, 5) is 172. The molecule has 4 rings (SSSR count). The minimum Gasteiger partial charge on any atom is -0.508 e. The summed E-state index contributed by atoms with van der Waals surface area (Å²) < 4.78 is 0. The largest absolute Gasteiger partial charge is 0.508 e. The second kappa shape index (κ2) is 41.3. The molecule has 0 fully saturated rings. The predicted octanol–water partition coefficient (Wildman–Crippen LogP) is -2.61. The third-order valence-electron chi connectivity index (χ3n) is 16.0. The van der Waals surface area contributed by atoms with E-state index in [1.54, 1.807) is 64.2 Å². The topological polar surface area (TPSA) is 536 Å². The number of aliphatic hydroxyl groups is 1. The zero-order chi connectivity index (χ0) is 74.3. The number of phenols is 1. The first-order valence-electron chi connectivity index (χ1n) is 33.4. The third kappa shape index (κ3) is 28.3. The standard InChI is InChI=1S/C68H102N18O14/c1-36(2)29-51(63(96)77-38(5)58(91)76-35-55(89)80-48(22-16-28-74-68(72)73)61(94)82-50(57(71)90)33-44-34-75-47-20-13-12-19-46(44)47)85-62(95)49(21-14-15-27-69)81-65(98)52(30-37(3)4)83-59(92)39(6)78-64(97)53(31-42-17-10-9-11-18-42)86-66(99)54(32-43-23-25-45(88)26-24-43)84-60(93)40(7)79-67(100)56(70)41(8)87/h9-13,17-20,23-26,34,36-41,48-54,56,75,87-88H,14-16,21-22,27-33,35,69-70H2,1-8H3,(H2,71,90)(H,76,91)(H,77,96)(H,78,97)(H,79,100)(H,80,89)(H,81,98)(H,82,94)(H,83,92)(H,84,93)(H,85,95)(H,86,99)(H4,72,73,74)/t38-,39-,40-,41+,48-,49-,50-,51-,52-,53-,54-,56-/m0/s1. The molecular formula is C68H102N18O14. The van der Waals surface area contributed by atoms with Gasteiger partial charge in [0.2, 0.25) is 70.9 Å². The molecule has 32 nitrogen and oxygen atoms in total. The van der Waals surface area contributed by atoms with Gasteiger partial charge in [0.25, 0.3) is 0 Å². The number of aliphatic imine (C=N–C) groups is 1. The monoisotopic (exact) mass is 1390 g/mol. The maximum atomic E-state index is 14.4. The van der Waals surface area contributed by atoms with Gasteiger partial charge < -0.3 is 102 Å². The second-order valence-corrected chi connectivity index (χ2v) is 25.7. The van der Waals surface area contributed by atoms with E-state index in [4.69, 9.17) is 28.7 Å². The number of aliphatic hydroxyl groups excluding tert-OH is 1. The highest BCUT2D eigenvalue weighted by Crippen LogP contribution is 2.20. The zero-order valence-corrected chi connectivity index (χ0v) is 58.0. The fraction of sp³-hybridized carbons (Fsp3) is 0.515. The Morgan fingerprint density at radius 2 is 0.910 bits per heavy atom. The van der Waals surface area contributed by atoms with E-state index in [0.29, 0.717) is 29.5 Å². The van der Waals surface area contributed by atoms with Crippen LogP contribution in [-0.2, 0) is 76.8 Å². The van der Waals surface area contributed by atoms with Crippen LogP contribution in [0.2, 0.25) is 0 Å². The summed E-state index contributed by atoms with van der Waals surface area (Å²) >= 11 is 0. The van der Waals surface area contributed by atoms with E-state index in [9.17, 15) is 67.7 Å². The van der Waals surface area contributed by atoms with E-state index in [1.807, 2.05) is 24.3 Å². The number of aromatic hydroxyl groups is 1. The SMILES string of the molecule is CC(C)C[C@H](NC(=O)[C@H](C)NC(=O)[C@H](Cc1ccccc1)NC(=O)[C@H](Cc1ccc(O)cc1)NC(=O)[C@H](C)NC(=O)[C@@H](N)[C@@H](C)O)C(=O)N[C@@H](CCCCN)C(=O)N[C@@H](CC(C)C)C(=O)N[C@@H](C)C(=O)NCC(=O)N[C@@H](CCCN=C(N)N)C(=O)N[C@@H](Cc1c[nH]c2ccccc12)C(N)=O. The molecule has 0 radical (unpaired) electrons. The van der Waals surface area contributed by atoms with Crippen LogP contribution in [0.1, 0.15) is 117 Å². The van der Waals surface area contributed by atoms with Crippen LogP contribution in [-0.4, -0.2) is 184 Å². The molecule has 0 saturated carbocycles. The Bertz CT molecular complexity index is 3440. The Morgan fingerprint density at radius 1 is 0.470 bits per heavy atom. The molecule has 12 amide bonds. The number of phenolic OH excluding ortho intramolecular Hbond substituents is 1. The van der Waals surface area contributed by atoms with Crippen LogP contribution in [0.25, 0.3) is 10.9 Å². The maximum Gasteiger partial charge on any atom is 0.243 e. The molecule has 1 aromatic heterocycles. The smallest absolute Gasteiger partial charge is 0.243 e. The van der Waals surface area contributed by atoms with Crippen molar-refractivity contribution in [3.63, 3.8) is 0 Å². The quantitative estimate of drug-likeness (QED) is 0.0123. The third-order valence-corrected chi connectivity index (χ3v) is 16.0. The molecule has 0 unspecified atom stereocenters. The highest BCUT2D eigenvalue weighted by Gasteiger charge is 2.35. The van der Waals surface area contributed by atoms with Crippen molar-refractivity contribution in [1.82, 2.24) is 63.5 Å². The number of unbranched alkanes of at least 4 members (excludes halogenated alkanes) is 1. The number of H-pyrrole nitrogens is 1. The highest BCUT2D eigenvalue weighted by atomic mass is 16.3. The number of carbonyl (C=O) groups is 12. The number of carbonyl (C=O) groups excluding carboxylic acids is 12. The molecule has 100 heavy (non-hydrogen) atoms. The van der Waals surface area contributed by atoms with Crippen LogP contribution in [0.5, 0.6) is 5.75 Å². The lowest BCUT2D eigenvalue weighted by atomic mass is 10.00. The predicted molar refractivity (Wildman–Crippen MR) is 374 cm³/mol. The van der Waals surface area contributed by atoms with E-state index in [0.717, 1.165) is 10.9 Å². The van der Waals surface area contributed by atoms with Crippen molar-refractivity contribution in [2.24, 2.45) is 45.5 Å². The average molecular weight is 1400 g/mol. The molecule has 0 aliphatic heterocycles. The summed E-state index contributed by atoms with van der Waals surface area (Å²) in [6, 6.07) is 7.42. The number of benzene rings is 3. The summed E-state index contributed by atoms with van der Waals surface area (Å²) in [5.41, 5.74) is 30.9. The lowest BCUT2D eigenvalue weighted by Crippen LogP contribution is -2.60. The van der Waals surface area contributed by atoms with Gasteiger partial charge in [0, 0.05) is 42.9 Å². The van der Waals surface area contributed by atoms with Crippen molar-refractivity contribution in [3.8, 4) is 5.75 Å². The molecule has 548 valence electrons. The van der Waals surface area contributed by atoms with Gasteiger partial charge in [0.05, 0.1) is 12.6 Å². The summed E-state index contributed by atoms with van der Waals surface area (Å²) in [6.07, 6.45) is 1.38. The number of hydrogen-bond donors (Lipinski definition) is 19. The fourth-order valence-electron chi connectivity index (χ4n) is 10.4. The summed E-state index contributed by atoms with van der Waals surface area (Å²) in [5, 5.41) is 49.3. The Labute approximate surface area is 581 Å². The summed E-state index contributed by atoms with van der Waals surface area (Å²) in [6.45, 7) is 12.2. The van der Waals surface area contributed by atoms with Gasteiger partial charge >= 0.3 is 0 Å². The number of nitrogens with one attached hydrogen (secondary N) is 12. The van der Waals surface area contributed by atoms with Crippen molar-refractivity contribution in [2.75, 3.05) is 19.6 Å². The summed E-state index contributed by atoms with van der Waals surface area (Å²) in [5.74, 6) is -10.4. The number of nitrogens with two attached hydrogens (primary N) is 5. The minimum atomic E-state index is -1.39. The Hall–Kier alpha value is -10.2. The van der Waals surface area contributed by atoms with Crippen LogP contribution < -0.4 is 87.2 Å². The minimum absolute atomic E-state index is 0.00288. The van der Waals surface area contributed by atoms with E-state index in [1.165, 1.54) is 52.0 Å². The van der Waals surface area contributed by atoms with Crippen LogP contribution in [0.4, 0.5) is 0 Å². The molecule has 0 bridgehead atoms. The average Bonchev–Trinajstić information content (AvgIpc) is 1.60. The van der Waals surface area contributed by atoms with Gasteiger partial charge in [-0.05, 0) is 126 Å². The molecule has 0 aliphatic rings. The molecule has 4 aromatic rings. The first-order chi connectivity index (χ1) is 47.3. The van der Waals surface area contributed by atoms with Crippen molar-refractivity contribution in [1.29, 1.82) is 0 Å². The molecular weight excluding hydrogens is 1290 g/mol. The van der Waals surface area contributed by atoms with E-state index < -0.39 is 150 Å². The number of nitrogens with zero attached hydrogens (tertiary/aromatic N) is 1. The van der Waals surface area contributed by atoms with Crippen molar-refractivity contribution in [3.05, 3.63) is 102 Å². The fourth-order valence-corrected chi connectivity index (χ4v) is 10.4. The molecule has 1 heterocycles. The zero-order valence-electron chi connectivity index (χ0n) is 58.0. The van der Waals surface area contributed by atoms with Crippen molar-refractivity contribution >= 4 is 87.7 Å². The van der Waals surface area contributed by atoms with Gasteiger partial charge in [-0.2, -0.15) is 0 Å². The number of hydrogen-bond acceptors (Lipinski definition) is 17. The number of fused-ring (bicyclic) bond motifs is 1. The number of guanidine groups is 1. The van der Waals surface area contributed by atoms with Gasteiger partial charge in [-0.15, -0.1) is 0 Å². The molecule has 0 aliphatic carbocycles. The van der Waals surface area contributed by atoms with Crippen LogP contribution >= 0.6 is 0 Å². The van der Waals surface area contributed by atoms with Gasteiger partial charge in [-0.3, -0.25) is 62.5 Å². The van der Waals surface area contributed by atoms with Crippen LogP contribution in [0.15, 0.2) is 90.1 Å². The first-order valence-corrected chi connectivity index (χ1v) is 33.4. The molecule has 3 aromatic carbocycles. The molecule has 0 spiro atoms. The van der Waals surface area contributed by atoms with Crippen molar-refractivity contribution in [2.45, 2.75) is 192 Å². The van der Waals surface area contributed by atoms with E-state index in [2.05, 4.69) is 68.5 Å². The van der Waals surface area contributed by atoms with E-state index >= 15 is 0 Å². The molecule has 32 heteroatoms. The Balaban J connectivity index is 1.45. The highest BCUT2D eigenvalue weighted by molar-refractivity contribution is 5.99. The van der Waals surface area contributed by atoms with Gasteiger partial charge in [-0.1, -0.05) is 88.4 Å². The van der Waals surface area contributed by atoms with E-state index in [-0.39, 0.29) is 88.0 Å². The second-order valence-electron chi connectivity index (χ2n) is 25.7. The Morgan fingerprint density at radius 3 is 1.46 bits per heavy atom. The number of primary amides is 1. The van der Waals surface area contributed by atoms with Gasteiger partial charge in [0.1, 0.15) is 72.2 Å². The number of amides is 12. The number of aromatic amines is 1. The summed E-state index contributed by atoms with van der Waals surface area (Å²) in [7, 11) is 0. The number of rotatable bonds is 42.